The number of carboxylic acid groups (broad SMARTS) is 1. The Morgan fingerprint density at radius 1 is 1.38 bits per heavy atom. The number of rotatable bonds is 4. The van der Waals surface area contributed by atoms with Crippen LogP contribution in [0, 0.1) is 12.8 Å². The molecule has 0 bridgehead atoms. The largest absolute Gasteiger partial charge is 0.481 e. The van der Waals surface area contributed by atoms with E-state index in [2.05, 4.69) is 9.88 Å². The Labute approximate surface area is 142 Å². The number of piperidine rings is 1. The molecule has 1 amide bonds. The molecule has 2 saturated heterocycles. The average Bonchev–Trinajstić information content (AvgIpc) is 2.80. The van der Waals surface area contributed by atoms with Gasteiger partial charge in [0.15, 0.2) is 0 Å². The van der Waals surface area contributed by atoms with E-state index < -0.39 is 17.4 Å². The van der Waals surface area contributed by atoms with Gasteiger partial charge in [-0.3, -0.25) is 14.6 Å². The lowest BCUT2D eigenvalue weighted by molar-refractivity contribution is -0.146. The number of carbonyl (C=O) groups excluding carboxylic acids is 1. The SMILES string of the molecule is Cc1cccc(CCN2CCC3(CC2)[C@@H](C(=O)O)CC(=O)N3C)n1. The fraction of sp³-hybridized carbons (Fsp3) is 0.611. The smallest absolute Gasteiger partial charge is 0.309 e. The first-order valence-corrected chi connectivity index (χ1v) is 8.57. The van der Waals surface area contributed by atoms with E-state index in [1.54, 1.807) is 11.9 Å². The molecule has 6 nitrogen and oxygen atoms in total. The summed E-state index contributed by atoms with van der Waals surface area (Å²) in [6.07, 6.45) is 2.49. The van der Waals surface area contributed by atoms with Crippen molar-refractivity contribution in [2.45, 2.75) is 38.1 Å². The standard InChI is InChI=1S/C18H25N3O3/c1-13-4-3-5-14(19-13)6-9-21-10-7-18(8-11-21)15(17(23)24)12-16(22)20(18)2/h3-5,15H,6-12H2,1-2H3,(H,23,24)/t15-/m1/s1. The lowest BCUT2D eigenvalue weighted by atomic mass is 9.77. The van der Waals surface area contributed by atoms with Crippen molar-refractivity contribution in [3.63, 3.8) is 0 Å². The molecule has 0 unspecified atom stereocenters. The summed E-state index contributed by atoms with van der Waals surface area (Å²) in [5, 5.41) is 9.51. The van der Waals surface area contributed by atoms with Crippen LogP contribution in [0.1, 0.15) is 30.7 Å². The summed E-state index contributed by atoms with van der Waals surface area (Å²) in [5.74, 6) is -1.46. The van der Waals surface area contributed by atoms with E-state index in [-0.39, 0.29) is 12.3 Å². The highest BCUT2D eigenvalue weighted by atomic mass is 16.4. The van der Waals surface area contributed by atoms with Crippen LogP contribution in [-0.4, -0.2) is 64.0 Å². The van der Waals surface area contributed by atoms with Gasteiger partial charge in [0, 0.05) is 50.9 Å². The second-order valence-corrected chi connectivity index (χ2v) is 7.01. The molecular weight excluding hydrogens is 306 g/mol. The minimum Gasteiger partial charge on any atom is -0.481 e. The molecule has 1 aromatic rings. The van der Waals surface area contributed by atoms with Crippen molar-refractivity contribution in [3.05, 3.63) is 29.6 Å². The molecule has 0 aliphatic carbocycles. The molecule has 2 aliphatic heterocycles. The van der Waals surface area contributed by atoms with Crippen molar-refractivity contribution >= 4 is 11.9 Å². The monoisotopic (exact) mass is 331 g/mol. The zero-order chi connectivity index (χ0) is 17.3. The van der Waals surface area contributed by atoms with Crippen LogP contribution in [0.2, 0.25) is 0 Å². The van der Waals surface area contributed by atoms with Crippen LogP contribution in [-0.2, 0) is 16.0 Å². The van der Waals surface area contributed by atoms with Crippen LogP contribution < -0.4 is 0 Å². The van der Waals surface area contributed by atoms with E-state index in [9.17, 15) is 14.7 Å². The normalized spacial score (nSPS) is 23.8. The van der Waals surface area contributed by atoms with Gasteiger partial charge in [0.05, 0.1) is 11.5 Å². The fourth-order valence-electron chi connectivity index (χ4n) is 4.16. The van der Waals surface area contributed by atoms with Crippen molar-refractivity contribution in [2.75, 3.05) is 26.7 Å². The van der Waals surface area contributed by atoms with Crippen molar-refractivity contribution in [1.29, 1.82) is 0 Å². The van der Waals surface area contributed by atoms with E-state index in [1.165, 1.54) is 0 Å². The number of aliphatic carboxylic acids is 1. The van der Waals surface area contributed by atoms with Gasteiger partial charge in [-0.05, 0) is 31.9 Å². The predicted octanol–water partition coefficient (Wildman–Crippen LogP) is 1.33. The highest BCUT2D eigenvalue weighted by Crippen LogP contribution is 2.42. The van der Waals surface area contributed by atoms with Crippen molar-refractivity contribution in [2.24, 2.45) is 5.92 Å². The van der Waals surface area contributed by atoms with E-state index in [0.29, 0.717) is 0 Å². The Kier molecular flexibility index (Phi) is 4.58. The number of hydrogen-bond donors (Lipinski definition) is 1. The van der Waals surface area contributed by atoms with Crippen molar-refractivity contribution in [3.8, 4) is 0 Å². The van der Waals surface area contributed by atoms with E-state index in [4.69, 9.17) is 0 Å². The maximum atomic E-state index is 12.0. The lowest BCUT2D eigenvalue weighted by Gasteiger charge is -2.45. The summed E-state index contributed by atoms with van der Waals surface area (Å²) in [6, 6.07) is 6.06. The lowest BCUT2D eigenvalue weighted by Crippen LogP contribution is -2.56. The van der Waals surface area contributed by atoms with E-state index in [1.807, 2.05) is 25.1 Å². The van der Waals surface area contributed by atoms with Crippen LogP contribution in [0.25, 0.3) is 0 Å². The minimum atomic E-state index is -0.842. The number of amides is 1. The van der Waals surface area contributed by atoms with Gasteiger partial charge < -0.3 is 14.9 Å². The third-order valence-electron chi connectivity index (χ3n) is 5.72. The topological polar surface area (TPSA) is 73.7 Å². The summed E-state index contributed by atoms with van der Waals surface area (Å²) in [7, 11) is 1.76. The first-order chi connectivity index (χ1) is 11.4. The maximum Gasteiger partial charge on any atom is 0.309 e. The van der Waals surface area contributed by atoms with Gasteiger partial charge in [-0.1, -0.05) is 6.07 Å². The highest BCUT2D eigenvalue weighted by Gasteiger charge is 2.55. The zero-order valence-corrected chi connectivity index (χ0v) is 14.4. The highest BCUT2D eigenvalue weighted by molar-refractivity contribution is 5.88. The second kappa shape index (κ2) is 6.51. The molecule has 6 heteroatoms. The summed E-state index contributed by atoms with van der Waals surface area (Å²) in [4.78, 5) is 32.2. The first kappa shape index (κ1) is 16.9. The number of hydrogen-bond acceptors (Lipinski definition) is 4. The molecule has 1 spiro atoms. The molecule has 0 radical (unpaired) electrons. The third-order valence-corrected chi connectivity index (χ3v) is 5.72. The summed E-state index contributed by atoms with van der Waals surface area (Å²) in [5.41, 5.74) is 1.62. The maximum absolute atomic E-state index is 12.0. The Hall–Kier alpha value is -1.95. The number of aryl methyl sites for hydroxylation is 1. The van der Waals surface area contributed by atoms with Gasteiger partial charge in [0.25, 0.3) is 0 Å². The summed E-state index contributed by atoms with van der Waals surface area (Å²) < 4.78 is 0. The second-order valence-electron chi connectivity index (χ2n) is 7.01. The Balaban J connectivity index is 1.60. The van der Waals surface area contributed by atoms with Crippen LogP contribution in [0.15, 0.2) is 18.2 Å². The van der Waals surface area contributed by atoms with Crippen LogP contribution in [0.3, 0.4) is 0 Å². The first-order valence-electron chi connectivity index (χ1n) is 8.57. The number of nitrogens with zero attached hydrogens (tertiary/aromatic N) is 3. The third kappa shape index (κ3) is 3.02. The van der Waals surface area contributed by atoms with Gasteiger partial charge in [0.1, 0.15) is 0 Å². The van der Waals surface area contributed by atoms with Crippen molar-refractivity contribution < 1.29 is 14.7 Å². The summed E-state index contributed by atoms with van der Waals surface area (Å²) >= 11 is 0. The number of carbonyl (C=O) groups is 2. The molecule has 0 saturated carbocycles. The molecule has 3 rings (SSSR count). The molecular formula is C18H25N3O3. The van der Waals surface area contributed by atoms with Crippen LogP contribution >= 0.6 is 0 Å². The molecule has 130 valence electrons. The Morgan fingerprint density at radius 3 is 2.71 bits per heavy atom. The molecule has 1 N–H and O–H groups in total. The van der Waals surface area contributed by atoms with E-state index in [0.717, 1.165) is 50.3 Å². The molecule has 2 aliphatic rings. The number of aromatic nitrogens is 1. The van der Waals surface area contributed by atoms with Gasteiger partial charge in [-0.25, -0.2) is 0 Å². The van der Waals surface area contributed by atoms with Gasteiger partial charge in [0.2, 0.25) is 5.91 Å². The fourth-order valence-corrected chi connectivity index (χ4v) is 4.16. The Bertz CT molecular complexity index is 638. The zero-order valence-electron chi connectivity index (χ0n) is 14.4. The predicted molar refractivity (Wildman–Crippen MR) is 89.6 cm³/mol. The van der Waals surface area contributed by atoms with Gasteiger partial charge >= 0.3 is 5.97 Å². The van der Waals surface area contributed by atoms with Crippen LogP contribution in [0.4, 0.5) is 0 Å². The van der Waals surface area contributed by atoms with Crippen molar-refractivity contribution in [1.82, 2.24) is 14.8 Å². The molecule has 24 heavy (non-hydrogen) atoms. The van der Waals surface area contributed by atoms with Gasteiger partial charge in [-0.2, -0.15) is 0 Å². The molecule has 3 heterocycles. The molecule has 1 atom stereocenters. The average molecular weight is 331 g/mol. The molecule has 2 fully saturated rings. The number of pyridine rings is 1. The summed E-state index contributed by atoms with van der Waals surface area (Å²) in [6.45, 7) is 4.56. The number of likely N-dealkylation sites (tertiary alicyclic amines) is 2. The van der Waals surface area contributed by atoms with E-state index >= 15 is 0 Å². The molecule has 1 aromatic heterocycles. The molecule has 0 aromatic carbocycles. The van der Waals surface area contributed by atoms with Gasteiger partial charge in [-0.15, -0.1) is 0 Å². The number of carboxylic acids is 1. The Morgan fingerprint density at radius 2 is 2.08 bits per heavy atom. The van der Waals surface area contributed by atoms with Crippen LogP contribution in [0.5, 0.6) is 0 Å². The quantitative estimate of drug-likeness (QED) is 0.901. The minimum absolute atomic E-state index is 0.0418.